The lowest BCUT2D eigenvalue weighted by Crippen LogP contribution is -2.24. The van der Waals surface area contributed by atoms with E-state index in [4.69, 9.17) is 5.73 Å². The van der Waals surface area contributed by atoms with Crippen molar-refractivity contribution in [2.24, 2.45) is 0 Å². The molecule has 0 atom stereocenters. The largest absolute Gasteiger partial charge is 0.368 e. The van der Waals surface area contributed by atoms with Gasteiger partial charge in [0, 0.05) is 18.6 Å². The van der Waals surface area contributed by atoms with E-state index in [0.29, 0.717) is 22.0 Å². The highest BCUT2D eigenvalue weighted by Gasteiger charge is 2.21. The fourth-order valence-corrected chi connectivity index (χ4v) is 3.35. The normalized spacial score (nSPS) is 11.0. The molecule has 0 spiro atoms. The van der Waals surface area contributed by atoms with Crippen LogP contribution in [0.25, 0.3) is 22.5 Å². The maximum Gasteiger partial charge on any atom is 0.267 e. The zero-order valence-electron chi connectivity index (χ0n) is 15.2. The van der Waals surface area contributed by atoms with Crippen LogP contribution in [0.1, 0.15) is 26.8 Å². The Balaban J connectivity index is 2.34. The third kappa shape index (κ3) is 4.06. The third-order valence-electron chi connectivity index (χ3n) is 3.75. The van der Waals surface area contributed by atoms with Gasteiger partial charge in [0.25, 0.3) is 5.56 Å². The summed E-state index contributed by atoms with van der Waals surface area (Å²) in [4.78, 5) is 32.5. The molecule has 0 aliphatic rings. The van der Waals surface area contributed by atoms with Crippen molar-refractivity contribution in [3.63, 3.8) is 0 Å². The minimum absolute atomic E-state index is 0.0681. The molecule has 7 nitrogen and oxygen atoms in total. The summed E-state index contributed by atoms with van der Waals surface area (Å²) >= 11 is 0.964. The maximum atomic E-state index is 12.1. The SMILES string of the molecule is CC(=O)Sc1nc(N)nc(-c2ccccc2)c1-c1ccc(=O)n(C(C)C)n1. The number of anilines is 1. The first kappa shape index (κ1) is 18.8. The van der Waals surface area contributed by atoms with Crippen LogP contribution >= 0.6 is 11.8 Å². The van der Waals surface area contributed by atoms with Gasteiger partial charge in [-0.25, -0.2) is 14.6 Å². The van der Waals surface area contributed by atoms with Crippen LogP contribution in [-0.4, -0.2) is 24.9 Å². The van der Waals surface area contributed by atoms with E-state index in [2.05, 4.69) is 15.1 Å². The predicted octanol–water partition coefficient (Wildman–Crippen LogP) is 3.17. The molecule has 0 bridgehead atoms. The minimum Gasteiger partial charge on any atom is -0.368 e. The zero-order chi connectivity index (χ0) is 19.6. The highest BCUT2D eigenvalue weighted by molar-refractivity contribution is 8.13. The molecule has 8 heteroatoms. The van der Waals surface area contributed by atoms with Gasteiger partial charge < -0.3 is 5.73 Å². The van der Waals surface area contributed by atoms with Crippen molar-refractivity contribution in [3.05, 3.63) is 52.8 Å². The highest BCUT2D eigenvalue weighted by atomic mass is 32.2. The third-order valence-corrected chi connectivity index (χ3v) is 4.53. The number of nitrogens with two attached hydrogens (primary N) is 1. The Bertz CT molecular complexity index is 1050. The quantitative estimate of drug-likeness (QED) is 0.547. The van der Waals surface area contributed by atoms with Crippen molar-refractivity contribution in [1.29, 1.82) is 0 Å². The summed E-state index contributed by atoms with van der Waals surface area (Å²) in [6.07, 6.45) is 0. The van der Waals surface area contributed by atoms with E-state index in [9.17, 15) is 9.59 Å². The maximum absolute atomic E-state index is 12.1. The molecule has 0 aliphatic heterocycles. The first-order chi connectivity index (χ1) is 12.9. The predicted molar refractivity (Wildman–Crippen MR) is 106 cm³/mol. The molecule has 2 aromatic heterocycles. The number of benzene rings is 1. The molecule has 0 fully saturated rings. The van der Waals surface area contributed by atoms with E-state index >= 15 is 0 Å². The van der Waals surface area contributed by atoms with Gasteiger partial charge >= 0.3 is 0 Å². The Hall–Kier alpha value is -3.00. The van der Waals surface area contributed by atoms with Crippen molar-refractivity contribution in [1.82, 2.24) is 19.7 Å². The van der Waals surface area contributed by atoms with Crippen molar-refractivity contribution >= 4 is 22.8 Å². The molecular formula is C19H19N5O2S. The number of hydrogen-bond acceptors (Lipinski definition) is 7. The number of nitrogen functional groups attached to an aromatic ring is 1. The summed E-state index contributed by atoms with van der Waals surface area (Å²) in [5.74, 6) is 0.0681. The lowest BCUT2D eigenvalue weighted by atomic mass is 10.0. The second-order valence-electron chi connectivity index (χ2n) is 6.17. The lowest BCUT2D eigenvalue weighted by molar-refractivity contribution is -0.109. The van der Waals surface area contributed by atoms with Gasteiger partial charge in [0.2, 0.25) is 5.95 Å². The fourth-order valence-electron chi connectivity index (χ4n) is 2.63. The number of thioether (sulfide) groups is 1. The standard InChI is InChI=1S/C19H19N5O2S/c1-11(2)24-15(26)10-9-14(23-24)16-17(13-7-5-4-6-8-13)21-19(20)22-18(16)27-12(3)25/h4-11H,1-3H3,(H2,20,21,22). The number of carbonyl (C=O) groups is 1. The molecule has 3 rings (SSSR count). The van der Waals surface area contributed by atoms with Crippen LogP contribution in [0, 0.1) is 0 Å². The molecule has 0 amide bonds. The second kappa shape index (κ2) is 7.71. The van der Waals surface area contributed by atoms with Crippen LogP contribution in [0.2, 0.25) is 0 Å². The molecule has 0 saturated carbocycles. The van der Waals surface area contributed by atoms with Gasteiger partial charge in [-0.2, -0.15) is 5.10 Å². The Morgan fingerprint density at radius 3 is 2.44 bits per heavy atom. The van der Waals surface area contributed by atoms with Gasteiger partial charge in [-0.3, -0.25) is 9.59 Å². The van der Waals surface area contributed by atoms with E-state index in [0.717, 1.165) is 17.3 Å². The Kier molecular flexibility index (Phi) is 5.36. The molecule has 1 aromatic carbocycles. The average molecular weight is 381 g/mol. The van der Waals surface area contributed by atoms with Gasteiger partial charge in [0.15, 0.2) is 5.12 Å². The first-order valence-corrected chi connectivity index (χ1v) is 9.20. The monoisotopic (exact) mass is 381 g/mol. The average Bonchev–Trinajstić information content (AvgIpc) is 2.62. The summed E-state index contributed by atoms with van der Waals surface area (Å²) in [5.41, 5.74) is 8.16. The smallest absolute Gasteiger partial charge is 0.267 e. The topological polar surface area (TPSA) is 104 Å². The molecule has 0 radical (unpaired) electrons. The summed E-state index contributed by atoms with van der Waals surface area (Å²) < 4.78 is 1.39. The first-order valence-electron chi connectivity index (χ1n) is 8.38. The van der Waals surface area contributed by atoms with Crippen molar-refractivity contribution < 1.29 is 4.79 Å². The number of carbonyl (C=O) groups excluding carboxylic acids is 1. The zero-order valence-corrected chi connectivity index (χ0v) is 16.0. The minimum atomic E-state index is -0.202. The van der Waals surface area contributed by atoms with Gasteiger partial charge in [0.05, 0.1) is 23.0 Å². The Labute approximate surface area is 160 Å². The molecule has 3 aromatic rings. The van der Waals surface area contributed by atoms with Crippen LogP contribution in [-0.2, 0) is 4.79 Å². The van der Waals surface area contributed by atoms with Crippen molar-refractivity contribution in [2.75, 3.05) is 5.73 Å². The number of hydrogen-bond donors (Lipinski definition) is 1. The van der Waals surface area contributed by atoms with Crippen LogP contribution < -0.4 is 11.3 Å². The van der Waals surface area contributed by atoms with Crippen molar-refractivity contribution in [3.8, 4) is 22.5 Å². The molecular weight excluding hydrogens is 362 g/mol. The van der Waals surface area contributed by atoms with Crippen LogP contribution in [0.5, 0.6) is 0 Å². The van der Waals surface area contributed by atoms with E-state index in [1.54, 1.807) is 6.07 Å². The summed E-state index contributed by atoms with van der Waals surface area (Å²) in [5, 5.41) is 4.76. The van der Waals surface area contributed by atoms with Crippen LogP contribution in [0.15, 0.2) is 52.3 Å². The van der Waals surface area contributed by atoms with Crippen molar-refractivity contribution in [2.45, 2.75) is 31.8 Å². The summed E-state index contributed by atoms with van der Waals surface area (Å²) in [6.45, 7) is 5.21. The van der Waals surface area contributed by atoms with E-state index < -0.39 is 0 Å². The van der Waals surface area contributed by atoms with Crippen LogP contribution in [0.3, 0.4) is 0 Å². The summed E-state index contributed by atoms with van der Waals surface area (Å²) in [7, 11) is 0. The molecule has 2 N–H and O–H groups in total. The Morgan fingerprint density at radius 2 is 1.81 bits per heavy atom. The molecule has 27 heavy (non-hydrogen) atoms. The lowest BCUT2D eigenvalue weighted by Gasteiger charge is -2.15. The Morgan fingerprint density at radius 1 is 1.11 bits per heavy atom. The molecule has 2 heterocycles. The van der Waals surface area contributed by atoms with E-state index in [-0.39, 0.29) is 22.7 Å². The van der Waals surface area contributed by atoms with Gasteiger partial charge in [-0.05, 0) is 31.7 Å². The summed E-state index contributed by atoms with van der Waals surface area (Å²) in [6, 6.07) is 12.4. The highest BCUT2D eigenvalue weighted by Crippen LogP contribution is 2.37. The number of rotatable bonds is 4. The van der Waals surface area contributed by atoms with Gasteiger partial charge in [0.1, 0.15) is 5.03 Å². The molecule has 138 valence electrons. The second-order valence-corrected chi connectivity index (χ2v) is 7.33. The van der Waals surface area contributed by atoms with Crippen LogP contribution in [0.4, 0.5) is 5.95 Å². The van der Waals surface area contributed by atoms with E-state index in [1.165, 1.54) is 17.7 Å². The molecule has 0 saturated heterocycles. The fraction of sp³-hybridized carbons (Fsp3) is 0.211. The van der Waals surface area contributed by atoms with E-state index in [1.807, 2.05) is 44.2 Å². The number of aromatic nitrogens is 4. The number of nitrogens with zero attached hydrogens (tertiary/aromatic N) is 4. The van der Waals surface area contributed by atoms with Gasteiger partial charge in [-0.1, -0.05) is 30.3 Å². The van der Waals surface area contributed by atoms with Gasteiger partial charge in [-0.15, -0.1) is 0 Å². The molecule has 0 aliphatic carbocycles. The molecule has 0 unspecified atom stereocenters.